The highest BCUT2D eigenvalue weighted by Crippen LogP contribution is 2.26. The molecule has 0 spiro atoms. The molecule has 1 N–H and O–H groups in total. The van der Waals surface area contributed by atoms with Crippen molar-refractivity contribution in [2.75, 3.05) is 42.9 Å². The standard InChI is InChI=1S/C18H20Cl2N4O/c1-2-23-7-9-24(10-8-23)17-6-3-13(12-21-17)18(25)22-16-5-4-14(19)11-15(16)20/h3-6,11-12H,2,7-10H2,1H3,(H,22,25). The molecule has 1 amide bonds. The topological polar surface area (TPSA) is 48.5 Å². The molecule has 1 aromatic heterocycles. The van der Waals surface area contributed by atoms with Gasteiger partial charge in [0.05, 0.1) is 16.3 Å². The van der Waals surface area contributed by atoms with E-state index in [0.717, 1.165) is 38.5 Å². The molecule has 1 aliphatic heterocycles. The molecule has 0 aliphatic carbocycles. The van der Waals surface area contributed by atoms with Crippen LogP contribution in [0.25, 0.3) is 0 Å². The van der Waals surface area contributed by atoms with E-state index in [1.54, 1.807) is 30.5 Å². The van der Waals surface area contributed by atoms with Crippen LogP contribution in [0.4, 0.5) is 11.5 Å². The number of aromatic nitrogens is 1. The summed E-state index contributed by atoms with van der Waals surface area (Å²) in [5.74, 6) is 0.649. The summed E-state index contributed by atoms with van der Waals surface area (Å²) in [6.07, 6.45) is 1.60. The summed E-state index contributed by atoms with van der Waals surface area (Å²) >= 11 is 12.0. The lowest BCUT2D eigenvalue weighted by Crippen LogP contribution is -2.46. The molecule has 2 aromatic rings. The zero-order chi connectivity index (χ0) is 17.8. The second-order valence-corrected chi connectivity index (χ2v) is 6.75. The first kappa shape index (κ1) is 18.0. The fraction of sp³-hybridized carbons (Fsp3) is 0.333. The molecule has 132 valence electrons. The van der Waals surface area contributed by atoms with Crippen molar-refractivity contribution in [1.29, 1.82) is 0 Å². The summed E-state index contributed by atoms with van der Waals surface area (Å²) in [7, 11) is 0. The number of nitrogens with zero attached hydrogens (tertiary/aromatic N) is 3. The molecule has 3 rings (SSSR count). The molecule has 0 atom stereocenters. The Morgan fingerprint density at radius 3 is 2.52 bits per heavy atom. The number of anilines is 2. The number of carbonyl (C=O) groups is 1. The Kier molecular flexibility index (Phi) is 5.78. The molecule has 0 unspecified atom stereocenters. The molecule has 7 heteroatoms. The molecule has 1 saturated heterocycles. The highest BCUT2D eigenvalue weighted by atomic mass is 35.5. The van der Waals surface area contributed by atoms with Crippen molar-refractivity contribution in [3.8, 4) is 0 Å². The Morgan fingerprint density at radius 2 is 1.92 bits per heavy atom. The van der Waals surface area contributed by atoms with Crippen molar-refractivity contribution in [3.63, 3.8) is 0 Å². The number of hydrogen-bond donors (Lipinski definition) is 1. The van der Waals surface area contributed by atoms with Gasteiger partial charge in [-0.05, 0) is 36.9 Å². The molecular weight excluding hydrogens is 359 g/mol. The third-order valence-electron chi connectivity index (χ3n) is 4.33. The van der Waals surface area contributed by atoms with Crippen molar-refractivity contribution in [2.24, 2.45) is 0 Å². The van der Waals surface area contributed by atoms with Crippen molar-refractivity contribution in [1.82, 2.24) is 9.88 Å². The maximum absolute atomic E-state index is 12.4. The zero-order valence-corrected chi connectivity index (χ0v) is 15.5. The Balaban J connectivity index is 1.64. The largest absolute Gasteiger partial charge is 0.354 e. The molecule has 5 nitrogen and oxygen atoms in total. The van der Waals surface area contributed by atoms with Gasteiger partial charge >= 0.3 is 0 Å². The first-order valence-corrected chi connectivity index (χ1v) is 9.02. The van der Waals surface area contributed by atoms with E-state index in [9.17, 15) is 4.79 Å². The van der Waals surface area contributed by atoms with Gasteiger partial charge in [0.15, 0.2) is 0 Å². The quantitative estimate of drug-likeness (QED) is 0.879. The van der Waals surface area contributed by atoms with Crippen LogP contribution in [0.15, 0.2) is 36.5 Å². The third kappa shape index (κ3) is 4.42. The lowest BCUT2D eigenvalue weighted by Gasteiger charge is -2.34. The van der Waals surface area contributed by atoms with Crippen LogP contribution in [0, 0.1) is 0 Å². The average Bonchev–Trinajstić information content (AvgIpc) is 2.64. The summed E-state index contributed by atoms with van der Waals surface area (Å²) in [6, 6.07) is 8.63. The first-order chi connectivity index (χ1) is 12.1. The van der Waals surface area contributed by atoms with Crippen molar-refractivity contribution >= 4 is 40.6 Å². The summed E-state index contributed by atoms with van der Waals surface area (Å²) in [5, 5.41) is 3.70. The van der Waals surface area contributed by atoms with Crippen LogP contribution < -0.4 is 10.2 Å². The Labute approximate surface area is 157 Å². The minimum absolute atomic E-state index is 0.251. The number of benzene rings is 1. The maximum Gasteiger partial charge on any atom is 0.257 e. The van der Waals surface area contributed by atoms with Crippen molar-refractivity contribution in [3.05, 3.63) is 52.1 Å². The number of piperazine rings is 1. The number of pyridine rings is 1. The van der Waals surface area contributed by atoms with Crippen LogP contribution in [-0.4, -0.2) is 48.5 Å². The summed E-state index contributed by atoms with van der Waals surface area (Å²) in [4.78, 5) is 21.5. The van der Waals surface area contributed by atoms with Gasteiger partial charge in [0.2, 0.25) is 0 Å². The minimum Gasteiger partial charge on any atom is -0.354 e. The van der Waals surface area contributed by atoms with E-state index in [1.165, 1.54) is 0 Å². The molecule has 0 saturated carbocycles. The van der Waals surface area contributed by atoms with E-state index in [0.29, 0.717) is 21.3 Å². The molecule has 0 radical (unpaired) electrons. The first-order valence-electron chi connectivity index (χ1n) is 8.26. The number of carbonyl (C=O) groups excluding carboxylic acids is 1. The summed E-state index contributed by atoms with van der Waals surface area (Å²) in [6.45, 7) is 7.23. The van der Waals surface area contributed by atoms with Gasteiger partial charge in [-0.1, -0.05) is 30.1 Å². The summed E-state index contributed by atoms with van der Waals surface area (Å²) < 4.78 is 0. The summed E-state index contributed by atoms with van der Waals surface area (Å²) in [5.41, 5.74) is 1.01. The predicted octanol–water partition coefficient (Wildman–Crippen LogP) is 3.78. The minimum atomic E-state index is -0.251. The van der Waals surface area contributed by atoms with Gasteiger partial charge in [-0.15, -0.1) is 0 Å². The van der Waals surface area contributed by atoms with Gasteiger partial charge in [-0.25, -0.2) is 4.98 Å². The van der Waals surface area contributed by atoms with Gasteiger partial charge in [0, 0.05) is 37.4 Å². The average molecular weight is 379 g/mol. The van der Waals surface area contributed by atoms with Crippen LogP contribution in [0.2, 0.25) is 10.0 Å². The molecule has 25 heavy (non-hydrogen) atoms. The molecule has 1 aromatic carbocycles. The SMILES string of the molecule is CCN1CCN(c2ccc(C(=O)Nc3ccc(Cl)cc3Cl)cn2)CC1. The Bertz CT molecular complexity index is 743. The van der Waals surface area contributed by atoms with Crippen molar-refractivity contribution in [2.45, 2.75) is 6.92 Å². The molecule has 1 fully saturated rings. The van der Waals surface area contributed by atoms with Crippen molar-refractivity contribution < 1.29 is 4.79 Å². The number of nitrogens with one attached hydrogen (secondary N) is 1. The van der Waals surface area contributed by atoms with Crippen LogP contribution >= 0.6 is 23.2 Å². The highest BCUT2D eigenvalue weighted by molar-refractivity contribution is 6.36. The smallest absolute Gasteiger partial charge is 0.257 e. The van der Waals surface area contributed by atoms with E-state index in [-0.39, 0.29) is 5.91 Å². The number of likely N-dealkylation sites (N-methyl/N-ethyl adjacent to an activating group) is 1. The zero-order valence-electron chi connectivity index (χ0n) is 14.0. The second kappa shape index (κ2) is 8.04. The highest BCUT2D eigenvalue weighted by Gasteiger charge is 2.17. The lowest BCUT2D eigenvalue weighted by molar-refractivity contribution is 0.102. The predicted molar refractivity (Wildman–Crippen MR) is 103 cm³/mol. The van der Waals surface area contributed by atoms with E-state index in [4.69, 9.17) is 23.2 Å². The van der Waals surface area contributed by atoms with E-state index >= 15 is 0 Å². The fourth-order valence-electron chi connectivity index (χ4n) is 2.79. The number of halogens is 2. The molecule has 1 aliphatic rings. The fourth-order valence-corrected chi connectivity index (χ4v) is 3.24. The normalized spacial score (nSPS) is 15.2. The van der Waals surface area contributed by atoms with Gasteiger partial charge < -0.3 is 15.1 Å². The van der Waals surface area contributed by atoms with E-state index in [1.807, 2.05) is 6.07 Å². The molecule has 2 heterocycles. The number of hydrogen-bond acceptors (Lipinski definition) is 4. The molecule has 0 bridgehead atoms. The van der Waals surface area contributed by atoms with Gasteiger partial charge in [0.1, 0.15) is 5.82 Å². The molecular formula is C18H20Cl2N4O. The van der Waals surface area contributed by atoms with E-state index in [2.05, 4.69) is 27.0 Å². The van der Waals surface area contributed by atoms with Crippen LogP contribution in [0.5, 0.6) is 0 Å². The van der Waals surface area contributed by atoms with Crippen LogP contribution in [0.3, 0.4) is 0 Å². The van der Waals surface area contributed by atoms with Gasteiger partial charge in [0.25, 0.3) is 5.91 Å². The lowest BCUT2D eigenvalue weighted by atomic mass is 10.2. The van der Waals surface area contributed by atoms with Crippen LogP contribution in [-0.2, 0) is 0 Å². The Morgan fingerprint density at radius 1 is 1.16 bits per heavy atom. The van der Waals surface area contributed by atoms with E-state index < -0.39 is 0 Å². The maximum atomic E-state index is 12.4. The van der Waals surface area contributed by atoms with Gasteiger partial charge in [-0.2, -0.15) is 0 Å². The number of rotatable bonds is 4. The Hall–Kier alpha value is -1.82. The van der Waals surface area contributed by atoms with Gasteiger partial charge in [-0.3, -0.25) is 4.79 Å². The monoisotopic (exact) mass is 378 g/mol. The van der Waals surface area contributed by atoms with Crippen LogP contribution in [0.1, 0.15) is 17.3 Å². The number of amides is 1. The second-order valence-electron chi connectivity index (χ2n) is 5.90. The third-order valence-corrected chi connectivity index (χ3v) is 4.88.